The second-order valence-corrected chi connectivity index (χ2v) is 7.09. The molecule has 1 atom stereocenters. The summed E-state index contributed by atoms with van der Waals surface area (Å²) in [7, 11) is -3.75. The van der Waals surface area contributed by atoms with Crippen LogP contribution in [0.25, 0.3) is 0 Å². The summed E-state index contributed by atoms with van der Waals surface area (Å²) in [4.78, 5) is 0.199. The van der Waals surface area contributed by atoms with E-state index in [0.29, 0.717) is 5.56 Å². The molecular formula is C17H18O3S. The van der Waals surface area contributed by atoms with Gasteiger partial charge in [0, 0.05) is 0 Å². The molecule has 4 heteroatoms. The van der Waals surface area contributed by atoms with Crippen molar-refractivity contribution in [3.05, 3.63) is 78.9 Å². The van der Waals surface area contributed by atoms with Gasteiger partial charge in [0.1, 0.15) is 4.75 Å². The van der Waals surface area contributed by atoms with Crippen LogP contribution in [0.2, 0.25) is 0 Å². The molecule has 1 N–H and O–H groups in total. The first-order valence-electron chi connectivity index (χ1n) is 6.65. The quantitative estimate of drug-likeness (QED) is 0.835. The lowest BCUT2D eigenvalue weighted by atomic mass is 9.95. The first-order valence-corrected chi connectivity index (χ1v) is 8.14. The van der Waals surface area contributed by atoms with Crippen molar-refractivity contribution in [3.63, 3.8) is 0 Å². The van der Waals surface area contributed by atoms with Gasteiger partial charge in [-0.05, 0) is 24.1 Å². The molecule has 2 aromatic rings. The Labute approximate surface area is 125 Å². The van der Waals surface area contributed by atoms with E-state index in [1.807, 2.05) is 6.07 Å². The van der Waals surface area contributed by atoms with E-state index >= 15 is 0 Å². The Morgan fingerprint density at radius 2 is 1.52 bits per heavy atom. The monoisotopic (exact) mass is 302 g/mol. The van der Waals surface area contributed by atoms with Gasteiger partial charge in [0.25, 0.3) is 0 Å². The minimum absolute atomic E-state index is 0.144. The Morgan fingerprint density at radius 3 is 2.00 bits per heavy atom. The molecule has 0 radical (unpaired) electrons. The van der Waals surface area contributed by atoms with Gasteiger partial charge in [0.05, 0.1) is 11.5 Å². The van der Waals surface area contributed by atoms with Crippen molar-refractivity contribution in [1.29, 1.82) is 0 Å². The van der Waals surface area contributed by atoms with Crippen LogP contribution in [0.1, 0.15) is 12.0 Å². The average Bonchev–Trinajstić information content (AvgIpc) is 2.54. The topological polar surface area (TPSA) is 54.4 Å². The van der Waals surface area contributed by atoms with Gasteiger partial charge in [-0.1, -0.05) is 54.6 Å². The third-order valence-corrected chi connectivity index (χ3v) is 6.05. The second-order valence-electron chi connectivity index (χ2n) is 4.83. The van der Waals surface area contributed by atoms with Gasteiger partial charge in [0.2, 0.25) is 0 Å². The minimum Gasteiger partial charge on any atom is -0.394 e. The molecule has 0 aromatic heterocycles. The van der Waals surface area contributed by atoms with Crippen molar-refractivity contribution in [2.24, 2.45) is 0 Å². The molecular weight excluding hydrogens is 284 g/mol. The van der Waals surface area contributed by atoms with Crippen LogP contribution in [0.15, 0.2) is 78.2 Å². The first-order chi connectivity index (χ1) is 10.1. The lowest BCUT2D eigenvalue weighted by Crippen LogP contribution is -2.39. The van der Waals surface area contributed by atoms with E-state index in [4.69, 9.17) is 0 Å². The van der Waals surface area contributed by atoms with Crippen LogP contribution in [0.5, 0.6) is 0 Å². The van der Waals surface area contributed by atoms with Gasteiger partial charge >= 0.3 is 0 Å². The number of hydrogen-bond donors (Lipinski definition) is 1. The Balaban J connectivity index is 2.69. The van der Waals surface area contributed by atoms with E-state index in [0.717, 1.165) is 0 Å². The highest BCUT2D eigenvalue weighted by molar-refractivity contribution is 7.92. The standard InChI is InChI=1S/C17H18O3S/c1-2-13-17(14-18,15-9-5-3-6-10-15)21(19,20)16-11-7-4-8-12-16/h2-12,18H,1,13-14H2. The molecule has 2 rings (SSSR count). The van der Waals surface area contributed by atoms with Gasteiger partial charge in [-0.15, -0.1) is 6.58 Å². The van der Waals surface area contributed by atoms with Crippen molar-refractivity contribution >= 4 is 9.84 Å². The van der Waals surface area contributed by atoms with Crippen molar-refractivity contribution < 1.29 is 13.5 Å². The third-order valence-electron chi connectivity index (χ3n) is 3.60. The van der Waals surface area contributed by atoms with Gasteiger partial charge in [0.15, 0.2) is 9.84 Å². The smallest absolute Gasteiger partial charge is 0.190 e. The van der Waals surface area contributed by atoms with E-state index in [2.05, 4.69) is 6.58 Å². The second kappa shape index (κ2) is 6.24. The van der Waals surface area contributed by atoms with Crippen LogP contribution in [-0.4, -0.2) is 20.1 Å². The Kier molecular flexibility index (Phi) is 4.60. The van der Waals surface area contributed by atoms with Crippen LogP contribution in [-0.2, 0) is 14.6 Å². The summed E-state index contributed by atoms with van der Waals surface area (Å²) in [5.41, 5.74) is 0.566. The summed E-state index contributed by atoms with van der Waals surface area (Å²) in [6.07, 6.45) is 1.68. The van der Waals surface area contributed by atoms with Crippen molar-refractivity contribution in [1.82, 2.24) is 0 Å². The van der Waals surface area contributed by atoms with Gasteiger partial charge in [-0.3, -0.25) is 0 Å². The molecule has 0 bridgehead atoms. The Morgan fingerprint density at radius 1 is 1.00 bits per heavy atom. The lowest BCUT2D eigenvalue weighted by Gasteiger charge is -2.31. The number of sulfone groups is 1. The summed E-state index contributed by atoms with van der Waals surface area (Å²) < 4.78 is 24.7. The largest absolute Gasteiger partial charge is 0.394 e. The molecule has 21 heavy (non-hydrogen) atoms. The van der Waals surface area contributed by atoms with Crippen LogP contribution in [0, 0.1) is 0 Å². The maximum Gasteiger partial charge on any atom is 0.190 e. The van der Waals surface area contributed by atoms with E-state index in [9.17, 15) is 13.5 Å². The predicted octanol–water partition coefficient (Wildman–Crippen LogP) is 2.92. The van der Waals surface area contributed by atoms with Gasteiger partial charge < -0.3 is 5.11 Å². The minimum atomic E-state index is -3.75. The van der Waals surface area contributed by atoms with E-state index in [1.54, 1.807) is 54.6 Å². The third kappa shape index (κ3) is 2.64. The molecule has 3 nitrogen and oxygen atoms in total. The molecule has 2 aromatic carbocycles. The Hall–Kier alpha value is -1.91. The fourth-order valence-electron chi connectivity index (χ4n) is 2.42. The number of benzene rings is 2. The van der Waals surface area contributed by atoms with Crippen LogP contribution in [0.4, 0.5) is 0 Å². The number of hydrogen-bond acceptors (Lipinski definition) is 3. The number of aliphatic hydroxyl groups is 1. The molecule has 0 aliphatic heterocycles. The maximum absolute atomic E-state index is 13.1. The number of aliphatic hydroxyl groups excluding tert-OH is 1. The molecule has 0 saturated heterocycles. The molecule has 1 unspecified atom stereocenters. The van der Waals surface area contributed by atoms with E-state index in [1.165, 1.54) is 6.08 Å². The normalized spacial score (nSPS) is 14.3. The van der Waals surface area contributed by atoms with E-state index < -0.39 is 21.2 Å². The molecule has 0 heterocycles. The summed E-state index contributed by atoms with van der Waals surface area (Å²) in [6, 6.07) is 17.0. The summed E-state index contributed by atoms with van der Waals surface area (Å²) in [5.74, 6) is 0. The zero-order chi connectivity index (χ0) is 15.3. The molecule has 0 aliphatic carbocycles. The Bertz CT molecular complexity index is 693. The zero-order valence-corrected chi connectivity index (χ0v) is 12.5. The zero-order valence-electron chi connectivity index (χ0n) is 11.6. The van der Waals surface area contributed by atoms with Crippen LogP contribution >= 0.6 is 0 Å². The molecule has 0 aliphatic rings. The summed E-state index contributed by atoms with van der Waals surface area (Å²) >= 11 is 0. The van der Waals surface area contributed by atoms with Crippen molar-refractivity contribution in [2.75, 3.05) is 6.61 Å². The van der Waals surface area contributed by atoms with Crippen LogP contribution in [0.3, 0.4) is 0 Å². The molecule has 110 valence electrons. The lowest BCUT2D eigenvalue weighted by molar-refractivity contribution is 0.241. The SMILES string of the molecule is C=CCC(CO)(c1ccccc1)S(=O)(=O)c1ccccc1. The predicted molar refractivity (Wildman–Crippen MR) is 83.6 cm³/mol. The van der Waals surface area contributed by atoms with Crippen LogP contribution < -0.4 is 0 Å². The maximum atomic E-state index is 13.1. The average molecular weight is 302 g/mol. The molecule has 0 saturated carbocycles. The molecule has 0 fully saturated rings. The van der Waals surface area contributed by atoms with Crippen molar-refractivity contribution in [2.45, 2.75) is 16.1 Å². The highest BCUT2D eigenvalue weighted by Gasteiger charge is 2.44. The van der Waals surface area contributed by atoms with Gasteiger partial charge in [-0.2, -0.15) is 0 Å². The molecule has 0 amide bonds. The van der Waals surface area contributed by atoms with E-state index in [-0.39, 0.29) is 11.3 Å². The van der Waals surface area contributed by atoms with Crippen molar-refractivity contribution in [3.8, 4) is 0 Å². The summed E-state index contributed by atoms with van der Waals surface area (Å²) in [6.45, 7) is 3.15. The summed E-state index contributed by atoms with van der Waals surface area (Å²) in [5, 5.41) is 9.93. The molecule has 0 spiro atoms. The highest BCUT2D eigenvalue weighted by Crippen LogP contribution is 2.38. The highest BCUT2D eigenvalue weighted by atomic mass is 32.2. The fourth-order valence-corrected chi connectivity index (χ4v) is 4.34. The number of allylic oxidation sites excluding steroid dienone is 1. The first kappa shape index (κ1) is 15.5. The number of rotatable bonds is 6. The van der Waals surface area contributed by atoms with Gasteiger partial charge in [-0.25, -0.2) is 8.42 Å². The fraction of sp³-hybridized carbons (Fsp3) is 0.176.